The van der Waals surface area contributed by atoms with Crippen molar-refractivity contribution in [3.05, 3.63) is 53.8 Å². The fraction of sp³-hybridized carbons (Fsp3) is 0.300. The Kier molecular flexibility index (Phi) is 8.08. The monoisotopic (exact) mass is 391 g/mol. The molecule has 2 aromatic rings. The SMILES string of the molecule is COc1cc(OC)cc(C(=O)NCC(=O)OCCCOc2ccc(F)cc2)c1. The number of carbonyl (C=O) groups is 2. The molecule has 0 aromatic heterocycles. The lowest BCUT2D eigenvalue weighted by Gasteiger charge is -2.10. The molecule has 0 fully saturated rings. The van der Waals surface area contributed by atoms with Gasteiger partial charge >= 0.3 is 5.97 Å². The number of methoxy groups -OCH3 is 2. The van der Waals surface area contributed by atoms with Gasteiger partial charge in [-0.15, -0.1) is 0 Å². The van der Waals surface area contributed by atoms with Crippen LogP contribution in [0.4, 0.5) is 4.39 Å². The van der Waals surface area contributed by atoms with E-state index in [0.29, 0.717) is 35.8 Å². The van der Waals surface area contributed by atoms with Crippen molar-refractivity contribution in [3.8, 4) is 17.2 Å². The standard InChI is InChI=1S/C20H22FNO6/c1-25-17-10-14(11-18(12-17)26-2)20(24)22-13-19(23)28-9-3-8-27-16-6-4-15(21)5-7-16/h4-7,10-12H,3,8-9,13H2,1-2H3,(H,22,24). The smallest absolute Gasteiger partial charge is 0.325 e. The topological polar surface area (TPSA) is 83.1 Å². The van der Waals surface area contributed by atoms with Crippen LogP contribution in [-0.2, 0) is 9.53 Å². The number of nitrogens with one attached hydrogen (secondary N) is 1. The van der Waals surface area contributed by atoms with E-state index >= 15 is 0 Å². The summed E-state index contributed by atoms with van der Waals surface area (Å²) >= 11 is 0. The van der Waals surface area contributed by atoms with Gasteiger partial charge in [0.15, 0.2) is 0 Å². The number of hydrogen-bond donors (Lipinski definition) is 1. The minimum Gasteiger partial charge on any atom is -0.497 e. The zero-order valence-corrected chi connectivity index (χ0v) is 15.7. The first-order valence-electron chi connectivity index (χ1n) is 8.57. The van der Waals surface area contributed by atoms with E-state index in [4.69, 9.17) is 18.9 Å². The van der Waals surface area contributed by atoms with Crippen molar-refractivity contribution in [1.29, 1.82) is 0 Å². The Balaban J connectivity index is 1.67. The third-order valence-corrected chi connectivity index (χ3v) is 3.64. The summed E-state index contributed by atoms with van der Waals surface area (Å²) in [4.78, 5) is 23.9. The molecule has 1 amide bonds. The van der Waals surface area contributed by atoms with Crippen molar-refractivity contribution in [2.45, 2.75) is 6.42 Å². The van der Waals surface area contributed by atoms with E-state index in [0.717, 1.165) is 0 Å². The molecule has 0 radical (unpaired) electrons. The summed E-state index contributed by atoms with van der Waals surface area (Å²) in [7, 11) is 2.96. The molecule has 0 saturated heterocycles. The predicted molar refractivity (Wildman–Crippen MR) is 99.4 cm³/mol. The van der Waals surface area contributed by atoms with Crippen LogP contribution in [-0.4, -0.2) is 45.9 Å². The van der Waals surface area contributed by atoms with Crippen LogP contribution in [0, 0.1) is 5.82 Å². The highest BCUT2D eigenvalue weighted by Crippen LogP contribution is 2.22. The summed E-state index contributed by atoms with van der Waals surface area (Å²) in [6, 6.07) is 10.4. The van der Waals surface area contributed by atoms with Crippen LogP contribution in [0.25, 0.3) is 0 Å². The Hall–Kier alpha value is -3.29. The first kappa shape index (κ1) is 21.0. The molecule has 0 aliphatic rings. The second kappa shape index (κ2) is 10.8. The fourth-order valence-electron chi connectivity index (χ4n) is 2.21. The number of amides is 1. The van der Waals surface area contributed by atoms with Crippen LogP contribution in [0.2, 0.25) is 0 Å². The van der Waals surface area contributed by atoms with Gasteiger partial charge in [-0.25, -0.2) is 4.39 Å². The summed E-state index contributed by atoms with van der Waals surface area (Å²) in [6.07, 6.45) is 0.462. The molecule has 0 saturated carbocycles. The molecular weight excluding hydrogens is 369 g/mol. The molecule has 150 valence electrons. The van der Waals surface area contributed by atoms with Crippen LogP contribution < -0.4 is 19.5 Å². The molecule has 0 bridgehead atoms. The number of hydrogen-bond acceptors (Lipinski definition) is 6. The highest BCUT2D eigenvalue weighted by molar-refractivity contribution is 5.96. The molecule has 0 aliphatic heterocycles. The summed E-state index contributed by atoms with van der Waals surface area (Å²) in [5.41, 5.74) is 0.302. The average molecular weight is 391 g/mol. The quantitative estimate of drug-likeness (QED) is 0.495. The second-order valence-corrected chi connectivity index (χ2v) is 5.66. The van der Waals surface area contributed by atoms with Gasteiger partial charge in [0, 0.05) is 18.1 Å². The highest BCUT2D eigenvalue weighted by atomic mass is 19.1. The lowest BCUT2D eigenvalue weighted by atomic mass is 10.2. The van der Waals surface area contributed by atoms with Crippen LogP contribution in [0.1, 0.15) is 16.8 Å². The Morgan fingerprint density at radius 3 is 2.18 bits per heavy atom. The summed E-state index contributed by atoms with van der Waals surface area (Å²) in [5.74, 6) is 0.115. The van der Waals surface area contributed by atoms with Gasteiger partial charge in [-0.1, -0.05) is 0 Å². The number of esters is 1. The number of rotatable bonds is 10. The van der Waals surface area contributed by atoms with Crippen molar-refractivity contribution >= 4 is 11.9 Å². The van der Waals surface area contributed by atoms with Crippen LogP contribution >= 0.6 is 0 Å². The van der Waals surface area contributed by atoms with E-state index in [1.807, 2.05) is 0 Å². The number of benzene rings is 2. The Morgan fingerprint density at radius 1 is 0.929 bits per heavy atom. The van der Waals surface area contributed by atoms with Gasteiger partial charge in [0.1, 0.15) is 29.6 Å². The maximum Gasteiger partial charge on any atom is 0.325 e. The Labute approximate surface area is 162 Å². The van der Waals surface area contributed by atoms with Crippen LogP contribution in [0.15, 0.2) is 42.5 Å². The maximum atomic E-state index is 12.8. The maximum absolute atomic E-state index is 12.8. The van der Waals surface area contributed by atoms with Crippen molar-refractivity contribution in [3.63, 3.8) is 0 Å². The summed E-state index contributed by atoms with van der Waals surface area (Å²) < 4.78 is 33.4. The highest BCUT2D eigenvalue weighted by Gasteiger charge is 2.12. The fourth-order valence-corrected chi connectivity index (χ4v) is 2.21. The van der Waals surface area contributed by atoms with E-state index in [2.05, 4.69) is 5.32 Å². The van der Waals surface area contributed by atoms with Gasteiger partial charge in [0.25, 0.3) is 5.91 Å². The van der Waals surface area contributed by atoms with Crippen LogP contribution in [0.5, 0.6) is 17.2 Å². The molecule has 7 nitrogen and oxygen atoms in total. The predicted octanol–water partition coefficient (Wildman–Crippen LogP) is 2.58. The van der Waals surface area contributed by atoms with Gasteiger partial charge < -0.3 is 24.3 Å². The molecule has 8 heteroatoms. The van der Waals surface area contributed by atoms with E-state index in [1.54, 1.807) is 6.07 Å². The zero-order valence-electron chi connectivity index (χ0n) is 15.7. The largest absolute Gasteiger partial charge is 0.497 e. The first-order chi connectivity index (χ1) is 13.5. The second-order valence-electron chi connectivity index (χ2n) is 5.66. The lowest BCUT2D eigenvalue weighted by Crippen LogP contribution is -2.30. The molecule has 0 unspecified atom stereocenters. The molecule has 28 heavy (non-hydrogen) atoms. The van der Waals surface area contributed by atoms with E-state index in [1.165, 1.54) is 50.6 Å². The first-order valence-corrected chi connectivity index (χ1v) is 8.57. The molecule has 0 aliphatic carbocycles. The van der Waals surface area contributed by atoms with Crippen molar-refractivity contribution in [2.24, 2.45) is 0 Å². The molecule has 1 N–H and O–H groups in total. The Morgan fingerprint density at radius 2 is 1.57 bits per heavy atom. The minimum absolute atomic E-state index is 0.142. The van der Waals surface area contributed by atoms with Gasteiger partial charge in [0.05, 0.1) is 27.4 Å². The average Bonchev–Trinajstić information content (AvgIpc) is 2.72. The van der Waals surface area contributed by atoms with Gasteiger partial charge in [-0.2, -0.15) is 0 Å². The molecule has 2 aromatic carbocycles. The number of ether oxygens (including phenoxy) is 4. The van der Waals surface area contributed by atoms with Crippen molar-refractivity contribution < 1.29 is 32.9 Å². The lowest BCUT2D eigenvalue weighted by molar-refractivity contribution is -0.142. The number of carbonyl (C=O) groups excluding carboxylic acids is 2. The number of halogens is 1. The van der Waals surface area contributed by atoms with Crippen molar-refractivity contribution in [1.82, 2.24) is 5.32 Å². The molecule has 0 atom stereocenters. The van der Waals surface area contributed by atoms with E-state index in [9.17, 15) is 14.0 Å². The van der Waals surface area contributed by atoms with Gasteiger partial charge in [0.2, 0.25) is 0 Å². The Bertz CT molecular complexity index is 772. The summed E-state index contributed by atoms with van der Waals surface area (Å²) in [5, 5.41) is 2.48. The van der Waals surface area contributed by atoms with Crippen molar-refractivity contribution in [2.75, 3.05) is 34.0 Å². The van der Waals surface area contributed by atoms with Gasteiger partial charge in [-0.05, 0) is 36.4 Å². The molecule has 0 heterocycles. The molecule has 0 spiro atoms. The van der Waals surface area contributed by atoms with Gasteiger partial charge in [-0.3, -0.25) is 9.59 Å². The third kappa shape index (κ3) is 6.79. The molecular formula is C20H22FNO6. The van der Waals surface area contributed by atoms with E-state index < -0.39 is 11.9 Å². The summed E-state index contributed by atoms with van der Waals surface area (Å²) in [6.45, 7) is 0.189. The van der Waals surface area contributed by atoms with E-state index in [-0.39, 0.29) is 19.0 Å². The molecule has 2 rings (SSSR count). The van der Waals surface area contributed by atoms with Crippen LogP contribution in [0.3, 0.4) is 0 Å². The normalized spacial score (nSPS) is 10.1. The zero-order chi connectivity index (χ0) is 20.4. The third-order valence-electron chi connectivity index (χ3n) is 3.64. The minimum atomic E-state index is -0.565.